The minimum absolute atomic E-state index is 0.227. The van der Waals surface area contributed by atoms with Crippen LogP contribution in [-0.4, -0.2) is 13.6 Å². The molecule has 0 radical (unpaired) electrons. The molecule has 1 unspecified atom stereocenters. The molecular formula is C15H26N2. The molecule has 0 saturated carbocycles. The van der Waals surface area contributed by atoms with E-state index in [9.17, 15) is 0 Å². The van der Waals surface area contributed by atoms with E-state index in [0.29, 0.717) is 6.04 Å². The van der Waals surface area contributed by atoms with Gasteiger partial charge in [-0.25, -0.2) is 0 Å². The number of rotatable bonds is 5. The zero-order valence-electron chi connectivity index (χ0n) is 11.6. The standard InChI is InChI=1S/C15H26N2/c1-15(2,3)13-9-7-12(8-10-13)14(17-4)6-5-11-16/h7-10,14,17H,5-6,11,16H2,1-4H3. The maximum atomic E-state index is 5.56. The van der Waals surface area contributed by atoms with Gasteiger partial charge in [-0.15, -0.1) is 0 Å². The van der Waals surface area contributed by atoms with Crippen molar-refractivity contribution in [1.82, 2.24) is 5.32 Å². The molecule has 0 spiro atoms. The van der Waals surface area contributed by atoms with Gasteiger partial charge in [0.25, 0.3) is 0 Å². The van der Waals surface area contributed by atoms with Gasteiger partial charge in [-0.2, -0.15) is 0 Å². The fourth-order valence-corrected chi connectivity index (χ4v) is 2.02. The fraction of sp³-hybridized carbons (Fsp3) is 0.600. The van der Waals surface area contributed by atoms with Crippen molar-refractivity contribution >= 4 is 0 Å². The van der Waals surface area contributed by atoms with Gasteiger partial charge in [-0.3, -0.25) is 0 Å². The Morgan fingerprint density at radius 1 is 1.18 bits per heavy atom. The first kappa shape index (κ1) is 14.2. The average Bonchev–Trinajstić information content (AvgIpc) is 2.29. The number of nitrogens with two attached hydrogens (primary N) is 1. The van der Waals surface area contributed by atoms with Crippen molar-refractivity contribution < 1.29 is 0 Å². The number of hydrogen-bond donors (Lipinski definition) is 2. The molecule has 0 fully saturated rings. The van der Waals surface area contributed by atoms with Crippen molar-refractivity contribution in [2.45, 2.75) is 45.1 Å². The summed E-state index contributed by atoms with van der Waals surface area (Å²) in [5.74, 6) is 0. The molecule has 1 atom stereocenters. The Balaban J connectivity index is 2.78. The van der Waals surface area contributed by atoms with Crippen LogP contribution in [0.15, 0.2) is 24.3 Å². The monoisotopic (exact) mass is 234 g/mol. The van der Waals surface area contributed by atoms with Crippen LogP contribution >= 0.6 is 0 Å². The lowest BCUT2D eigenvalue weighted by Crippen LogP contribution is -2.18. The molecule has 17 heavy (non-hydrogen) atoms. The minimum atomic E-state index is 0.227. The van der Waals surface area contributed by atoms with Crippen LogP contribution < -0.4 is 11.1 Å². The van der Waals surface area contributed by atoms with Gasteiger partial charge < -0.3 is 11.1 Å². The molecule has 1 aromatic rings. The van der Waals surface area contributed by atoms with Crippen LogP contribution in [0.5, 0.6) is 0 Å². The van der Waals surface area contributed by atoms with Crippen molar-refractivity contribution in [3.05, 3.63) is 35.4 Å². The molecule has 3 N–H and O–H groups in total. The second-order valence-corrected chi connectivity index (χ2v) is 5.64. The Morgan fingerprint density at radius 3 is 2.18 bits per heavy atom. The highest BCUT2D eigenvalue weighted by Gasteiger charge is 2.14. The largest absolute Gasteiger partial charge is 0.330 e. The average molecular weight is 234 g/mol. The van der Waals surface area contributed by atoms with E-state index >= 15 is 0 Å². The first-order chi connectivity index (χ1) is 7.99. The third-order valence-corrected chi connectivity index (χ3v) is 3.22. The maximum absolute atomic E-state index is 5.56. The second-order valence-electron chi connectivity index (χ2n) is 5.64. The third-order valence-electron chi connectivity index (χ3n) is 3.22. The zero-order valence-corrected chi connectivity index (χ0v) is 11.6. The summed E-state index contributed by atoms with van der Waals surface area (Å²) in [6.45, 7) is 7.49. The highest BCUT2D eigenvalue weighted by atomic mass is 14.9. The van der Waals surface area contributed by atoms with Gasteiger partial charge in [0.15, 0.2) is 0 Å². The van der Waals surface area contributed by atoms with Crippen LogP contribution in [-0.2, 0) is 5.41 Å². The van der Waals surface area contributed by atoms with E-state index in [0.717, 1.165) is 19.4 Å². The lowest BCUT2D eigenvalue weighted by molar-refractivity contribution is 0.530. The Hall–Kier alpha value is -0.860. The van der Waals surface area contributed by atoms with Crippen LogP contribution in [0, 0.1) is 0 Å². The highest BCUT2D eigenvalue weighted by Crippen LogP contribution is 2.25. The molecule has 2 nitrogen and oxygen atoms in total. The first-order valence-electron chi connectivity index (χ1n) is 6.47. The van der Waals surface area contributed by atoms with Crippen LogP contribution in [0.3, 0.4) is 0 Å². The molecule has 0 aliphatic carbocycles. The fourth-order valence-electron chi connectivity index (χ4n) is 2.02. The Labute approximate surface area is 106 Å². The molecule has 1 rings (SSSR count). The van der Waals surface area contributed by atoms with Gasteiger partial charge in [-0.05, 0) is 43.0 Å². The van der Waals surface area contributed by atoms with Crippen molar-refractivity contribution in [2.24, 2.45) is 5.73 Å². The van der Waals surface area contributed by atoms with Gasteiger partial charge in [0.1, 0.15) is 0 Å². The summed E-state index contributed by atoms with van der Waals surface area (Å²) in [7, 11) is 2.01. The summed E-state index contributed by atoms with van der Waals surface area (Å²) < 4.78 is 0. The topological polar surface area (TPSA) is 38.0 Å². The highest BCUT2D eigenvalue weighted by molar-refractivity contribution is 5.29. The van der Waals surface area contributed by atoms with Crippen LogP contribution in [0.4, 0.5) is 0 Å². The van der Waals surface area contributed by atoms with E-state index in [4.69, 9.17) is 5.73 Å². The van der Waals surface area contributed by atoms with E-state index in [1.807, 2.05) is 7.05 Å². The van der Waals surface area contributed by atoms with Gasteiger partial charge in [0, 0.05) is 6.04 Å². The van der Waals surface area contributed by atoms with Gasteiger partial charge >= 0.3 is 0 Å². The van der Waals surface area contributed by atoms with E-state index < -0.39 is 0 Å². The number of benzene rings is 1. The second kappa shape index (κ2) is 6.18. The summed E-state index contributed by atoms with van der Waals surface area (Å²) in [5.41, 5.74) is 8.53. The van der Waals surface area contributed by atoms with Crippen molar-refractivity contribution in [1.29, 1.82) is 0 Å². The third kappa shape index (κ3) is 4.14. The predicted molar refractivity (Wildman–Crippen MR) is 75.2 cm³/mol. The summed E-state index contributed by atoms with van der Waals surface area (Å²) in [5, 5.41) is 3.36. The SMILES string of the molecule is CNC(CCCN)c1ccc(C(C)(C)C)cc1. The molecule has 96 valence electrons. The number of nitrogens with one attached hydrogen (secondary N) is 1. The van der Waals surface area contributed by atoms with Crippen molar-refractivity contribution in [3.63, 3.8) is 0 Å². The molecule has 0 heterocycles. The predicted octanol–water partition coefficient (Wildman–Crippen LogP) is 2.98. The van der Waals surface area contributed by atoms with Gasteiger partial charge in [-0.1, -0.05) is 45.0 Å². The molecule has 0 amide bonds. The summed E-state index contributed by atoms with van der Waals surface area (Å²) in [4.78, 5) is 0. The molecule has 0 aliphatic heterocycles. The maximum Gasteiger partial charge on any atom is 0.0317 e. The van der Waals surface area contributed by atoms with Crippen LogP contribution in [0.1, 0.15) is 50.8 Å². The lowest BCUT2D eigenvalue weighted by atomic mass is 9.86. The normalized spacial score (nSPS) is 13.7. The first-order valence-corrected chi connectivity index (χ1v) is 6.47. The summed E-state index contributed by atoms with van der Waals surface area (Å²) >= 11 is 0. The van der Waals surface area contributed by atoms with Crippen molar-refractivity contribution in [2.75, 3.05) is 13.6 Å². The van der Waals surface area contributed by atoms with E-state index in [1.165, 1.54) is 11.1 Å². The Kier molecular flexibility index (Phi) is 5.16. The van der Waals surface area contributed by atoms with Crippen LogP contribution in [0.2, 0.25) is 0 Å². The summed E-state index contributed by atoms with van der Waals surface area (Å²) in [6.07, 6.45) is 2.16. The number of hydrogen-bond acceptors (Lipinski definition) is 2. The quantitative estimate of drug-likeness (QED) is 0.822. The molecule has 0 aromatic heterocycles. The summed E-state index contributed by atoms with van der Waals surface area (Å²) in [6, 6.07) is 9.37. The molecule has 1 aromatic carbocycles. The van der Waals surface area contributed by atoms with E-state index in [-0.39, 0.29) is 5.41 Å². The van der Waals surface area contributed by atoms with Crippen LogP contribution in [0.25, 0.3) is 0 Å². The molecular weight excluding hydrogens is 208 g/mol. The Morgan fingerprint density at radius 2 is 1.76 bits per heavy atom. The molecule has 0 bridgehead atoms. The lowest BCUT2D eigenvalue weighted by Gasteiger charge is -2.21. The van der Waals surface area contributed by atoms with Gasteiger partial charge in [0.05, 0.1) is 0 Å². The zero-order chi connectivity index (χ0) is 12.9. The van der Waals surface area contributed by atoms with Crippen molar-refractivity contribution in [3.8, 4) is 0 Å². The molecule has 2 heteroatoms. The van der Waals surface area contributed by atoms with E-state index in [1.54, 1.807) is 0 Å². The smallest absolute Gasteiger partial charge is 0.0317 e. The minimum Gasteiger partial charge on any atom is -0.330 e. The molecule has 0 aliphatic rings. The Bertz CT molecular complexity index is 322. The molecule has 0 saturated heterocycles. The van der Waals surface area contributed by atoms with Gasteiger partial charge in [0.2, 0.25) is 0 Å². The van der Waals surface area contributed by atoms with E-state index in [2.05, 4.69) is 50.4 Å².